The van der Waals surface area contributed by atoms with Crippen LogP contribution in [0.15, 0.2) is 60.3 Å². The molecule has 2 aliphatic rings. The Labute approximate surface area is 219 Å². The van der Waals surface area contributed by atoms with E-state index in [1.54, 1.807) is 6.08 Å². The third kappa shape index (κ3) is 4.45. The van der Waals surface area contributed by atoms with E-state index in [0.717, 1.165) is 52.8 Å². The van der Waals surface area contributed by atoms with Gasteiger partial charge in [-0.3, -0.25) is 9.78 Å². The van der Waals surface area contributed by atoms with E-state index in [1.165, 1.54) is 5.56 Å². The second-order valence-corrected chi connectivity index (χ2v) is 12.0. The molecule has 0 amide bonds. The van der Waals surface area contributed by atoms with Gasteiger partial charge >= 0.3 is 5.97 Å². The molecular weight excluding hydrogens is 460 g/mol. The Morgan fingerprint density at radius 3 is 2.54 bits per heavy atom. The highest BCUT2D eigenvalue weighted by molar-refractivity contribution is 6.06. The highest BCUT2D eigenvalue weighted by atomic mass is 16.5. The standard InChI is InChI=1S/C32H36N2O3/c1-31(2,3)20-15-16-26-23(17-20)29(22-11-7-9-13-25(22)33-26)30(36)37-19-21(35)18-28-32(4,5)24-12-8-10-14-27(24)34(28)6/h7-14,18,20H,15-17,19H2,1-6H3/b28-18+. The molecule has 37 heavy (non-hydrogen) atoms. The summed E-state index contributed by atoms with van der Waals surface area (Å²) in [4.78, 5) is 33.6. The molecule has 1 aliphatic carbocycles. The van der Waals surface area contributed by atoms with Crippen LogP contribution in [0.2, 0.25) is 0 Å². The predicted octanol–water partition coefficient (Wildman–Crippen LogP) is 6.42. The van der Waals surface area contributed by atoms with Gasteiger partial charge in [-0.25, -0.2) is 4.79 Å². The van der Waals surface area contributed by atoms with Gasteiger partial charge in [0, 0.05) is 41.0 Å². The lowest BCUT2D eigenvalue weighted by molar-refractivity contribution is -0.117. The fourth-order valence-electron chi connectivity index (χ4n) is 6.02. The minimum atomic E-state index is -0.446. The molecule has 0 fully saturated rings. The summed E-state index contributed by atoms with van der Waals surface area (Å²) in [7, 11) is 1.97. The number of allylic oxidation sites excluding steroid dienone is 1. The van der Waals surface area contributed by atoms with Crippen LogP contribution in [0.1, 0.15) is 68.2 Å². The SMILES string of the molecule is CN1/C(=C/C(=O)COC(=O)c2c3c(nc4ccccc24)CCC(C(C)(C)C)C3)C(C)(C)c2ccccc21. The number of para-hydroxylation sites is 2. The zero-order valence-corrected chi connectivity index (χ0v) is 22.7. The summed E-state index contributed by atoms with van der Waals surface area (Å²) in [5, 5.41) is 0.790. The molecule has 2 aromatic carbocycles. The van der Waals surface area contributed by atoms with E-state index < -0.39 is 5.97 Å². The lowest BCUT2D eigenvalue weighted by atomic mass is 9.70. The molecule has 192 valence electrons. The molecule has 0 bridgehead atoms. The maximum atomic E-state index is 13.6. The minimum absolute atomic E-state index is 0.129. The van der Waals surface area contributed by atoms with Gasteiger partial charge in [0.15, 0.2) is 12.4 Å². The number of nitrogens with zero attached hydrogens (tertiary/aromatic N) is 2. The number of aromatic nitrogens is 1. The van der Waals surface area contributed by atoms with E-state index in [-0.39, 0.29) is 23.2 Å². The first-order valence-electron chi connectivity index (χ1n) is 13.1. The summed E-state index contributed by atoms with van der Waals surface area (Å²) >= 11 is 0. The minimum Gasteiger partial charge on any atom is -0.454 e. The van der Waals surface area contributed by atoms with Crippen LogP contribution >= 0.6 is 0 Å². The second-order valence-electron chi connectivity index (χ2n) is 12.0. The number of benzene rings is 2. The van der Waals surface area contributed by atoms with Crippen LogP contribution in [0.4, 0.5) is 5.69 Å². The Hall–Kier alpha value is -3.47. The van der Waals surface area contributed by atoms with Crippen molar-refractivity contribution >= 4 is 28.3 Å². The van der Waals surface area contributed by atoms with E-state index >= 15 is 0 Å². The number of ketones is 1. The Morgan fingerprint density at radius 1 is 1.11 bits per heavy atom. The number of esters is 1. The Kier molecular flexibility index (Phi) is 6.21. The van der Waals surface area contributed by atoms with Crippen LogP contribution < -0.4 is 4.90 Å². The largest absolute Gasteiger partial charge is 0.454 e. The maximum Gasteiger partial charge on any atom is 0.339 e. The fraction of sp³-hybridized carbons (Fsp3) is 0.406. The van der Waals surface area contributed by atoms with Crippen molar-refractivity contribution in [2.45, 2.75) is 59.3 Å². The second kappa shape index (κ2) is 9.13. The summed E-state index contributed by atoms with van der Waals surface area (Å²) in [6.07, 6.45) is 4.31. The first kappa shape index (κ1) is 25.2. The number of carbonyl (C=O) groups is 2. The van der Waals surface area contributed by atoms with Crippen molar-refractivity contribution in [3.8, 4) is 0 Å². The zero-order chi connectivity index (χ0) is 26.5. The van der Waals surface area contributed by atoms with E-state index in [9.17, 15) is 9.59 Å². The van der Waals surface area contributed by atoms with Crippen molar-refractivity contribution in [3.63, 3.8) is 0 Å². The number of carbonyl (C=O) groups excluding carboxylic acids is 2. The molecule has 1 atom stereocenters. The monoisotopic (exact) mass is 496 g/mol. The maximum absolute atomic E-state index is 13.6. The fourth-order valence-corrected chi connectivity index (χ4v) is 6.02. The first-order valence-corrected chi connectivity index (χ1v) is 13.1. The van der Waals surface area contributed by atoms with Gasteiger partial charge in [0.05, 0.1) is 11.1 Å². The van der Waals surface area contributed by atoms with Gasteiger partial charge in [0.25, 0.3) is 0 Å². The van der Waals surface area contributed by atoms with Gasteiger partial charge in [0.2, 0.25) is 0 Å². The molecule has 2 heterocycles. The van der Waals surface area contributed by atoms with Gasteiger partial charge in [-0.15, -0.1) is 0 Å². The predicted molar refractivity (Wildman–Crippen MR) is 148 cm³/mol. The molecule has 1 aliphatic heterocycles. The first-order chi connectivity index (χ1) is 17.5. The van der Waals surface area contributed by atoms with Gasteiger partial charge in [-0.05, 0) is 53.9 Å². The number of hydrogen-bond acceptors (Lipinski definition) is 5. The molecule has 0 spiro atoms. The van der Waals surface area contributed by atoms with Crippen LogP contribution in [-0.2, 0) is 27.8 Å². The molecule has 0 radical (unpaired) electrons. The van der Waals surface area contributed by atoms with Gasteiger partial charge < -0.3 is 9.64 Å². The Balaban J connectivity index is 1.42. The summed E-state index contributed by atoms with van der Waals surface area (Å²) in [5.41, 5.74) is 6.30. The van der Waals surface area contributed by atoms with Crippen molar-refractivity contribution in [1.29, 1.82) is 0 Å². The van der Waals surface area contributed by atoms with E-state index in [4.69, 9.17) is 9.72 Å². The number of ether oxygens (including phenoxy) is 1. The topological polar surface area (TPSA) is 59.5 Å². The van der Waals surface area contributed by atoms with E-state index in [1.807, 2.05) is 43.4 Å². The van der Waals surface area contributed by atoms with E-state index in [0.29, 0.717) is 11.5 Å². The number of likely N-dealkylation sites (N-methyl/N-ethyl adjacent to an activating group) is 1. The van der Waals surface area contributed by atoms with Crippen LogP contribution in [0.3, 0.4) is 0 Å². The van der Waals surface area contributed by atoms with Gasteiger partial charge in [0.1, 0.15) is 0 Å². The van der Waals surface area contributed by atoms with Crippen LogP contribution in [0.25, 0.3) is 10.9 Å². The molecule has 5 heteroatoms. The third-order valence-electron chi connectivity index (χ3n) is 8.27. The molecule has 0 saturated carbocycles. The molecule has 1 unspecified atom stereocenters. The lowest BCUT2D eigenvalue weighted by Crippen LogP contribution is -2.29. The molecule has 3 aromatic rings. The summed E-state index contributed by atoms with van der Waals surface area (Å²) in [5.74, 6) is -0.225. The average Bonchev–Trinajstić information content (AvgIpc) is 3.05. The molecule has 0 N–H and O–H groups in total. The summed E-state index contributed by atoms with van der Waals surface area (Å²) in [6, 6.07) is 15.9. The average molecular weight is 497 g/mol. The number of fused-ring (bicyclic) bond motifs is 3. The third-order valence-corrected chi connectivity index (χ3v) is 8.27. The number of pyridine rings is 1. The highest BCUT2D eigenvalue weighted by Gasteiger charge is 2.39. The number of hydrogen-bond donors (Lipinski definition) is 0. The smallest absolute Gasteiger partial charge is 0.339 e. The van der Waals surface area contributed by atoms with Crippen molar-refractivity contribution in [3.05, 3.63) is 82.7 Å². The quantitative estimate of drug-likeness (QED) is 0.308. The molecule has 5 nitrogen and oxygen atoms in total. The molecule has 5 rings (SSSR count). The Morgan fingerprint density at radius 2 is 1.81 bits per heavy atom. The number of anilines is 1. The van der Waals surface area contributed by atoms with Gasteiger partial charge in [-0.1, -0.05) is 71.0 Å². The molecular formula is C32H36N2O3. The van der Waals surface area contributed by atoms with Crippen LogP contribution in [-0.4, -0.2) is 30.4 Å². The lowest BCUT2D eigenvalue weighted by Gasteiger charge is -2.35. The van der Waals surface area contributed by atoms with Crippen molar-refractivity contribution in [2.24, 2.45) is 11.3 Å². The van der Waals surface area contributed by atoms with Crippen LogP contribution in [0, 0.1) is 11.3 Å². The molecule has 0 saturated heterocycles. The number of aryl methyl sites for hydroxylation is 1. The van der Waals surface area contributed by atoms with E-state index in [2.05, 4.69) is 51.7 Å². The zero-order valence-electron chi connectivity index (χ0n) is 22.7. The van der Waals surface area contributed by atoms with Gasteiger partial charge in [-0.2, -0.15) is 0 Å². The Bertz CT molecular complexity index is 1430. The highest BCUT2D eigenvalue weighted by Crippen LogP contribution is 2.46. The van der Waals surface area contributed by atoms with Crippen molar-refractivity contribution < 1.29 is 14.3 Å². The summed E-state index contributed by atoms with van der Waals surface area (Å²) < 4.78 is 5.70. The van der Waals surface area contributed by atoms with Crippen molar-refractivity contribution in [1.82, 2.24) is 4.98 Å². The normalized spacial score (nSPS) is 19.6. The summed E-state index contributed by atoms with van der Waals surface area (Å²) in [6.45, 7) is 10.7. The van der Waals surface area contributed by atoms with Crippen molar-refractivity contribution in [2.75, 3.05) is 18.6 Å². The number of rotatable bonds is 4. The van der Waals surface area contributed by atoms with Crippen LogP contribution in [0.5, 0.6) is 0 Å². The molecule has 1 aromatic heterocycles.